The molecule has 0 fully saturated rings. The number of hydrogen-bond acceptors (Lipinski definition) is 3. The van der Waals surface area contributed by atoms with E-state index in [1.165, 1.54) is 6.07 Å². The lowest BCUT2D eigenvalue weighted by Gasteiger charge is -2.14. The molecule has 4 nitrogen and oxygen atoms in total. The molecule has 0 saturated heterocycles. The zero-order valence-electron chi connectivity index (χ0n) is 16.5. The molecule has 0 aromatic heterocycles. The minimum absolute atomic E-state index is 0.0833. The largest absolute Gasteiger partial charge is 0.328 e. The topological polar surface area (TPSA) is 80.4 Å². The minimum atomic E-state index is -4.31. The van der Waals surface area contributed by atoms with Crippen molar-refractivity contribution < 1.29 is 13.0 Å². The smallest absolute Gasteiger partial charge is 0.295 e. The highest BCUT2D eigenvalue weighted by Gasteiger charge is 2.20. The van der Waals surface area contributed by atoms with Gasteiger partial charge in [0, 0.05) is 5.56 Å². The third kappa shape index (κ3) is 7.52. The van der Waals surface area contributed by atoms with E-state index < -0.39 is 10.1 Å². The molecule has 0 atom stereocenters. The fourth-order valence-electron chi connectivity index (χ4n) is 2.30. The first-order chi connectivity index (χ1) is 12.1. The van der Waals surface area contributed by atoms with E-state index in [1.54, 1.807) is 12.2 Å². The molecule has 0 aliphatic carbocycles. The van der Waals surface area contributed by atoms with Crippen LogP contribution in [0, 0.1) is 0 Å². The van der Waals surface area contributed by atoms with Gasteiger partial charge in [0.15, 0.2) is 0 Å². The van der Waals surface area contributed by atoms with Crippen molar-refractivity contribution in [1.82, 2.24) is 0 Å². The van der Waals surface area contributed by atoms with Crippen molar-refractivity contribution in [3.63, 3.8) is 0 Å². The van der Waals surface area contributed by atoms with Gasteiger partial charge in [-0.2, -0.15) is 8.42 Å². The molecule has 5 heteroatoms. The maximum absolute atomic E-state index is 11.8. The molecule has 0 aliphatic rings. The zero-order chi connectivity index (χ0) is 20.3. The van der Waals surface area contributed by atoms with Gasteiger partial charge in [-0.15, -0.1) is 0 Å². The maximum atomic E-state index is 11.8. The molecule has 26 heavy (non-hydrogen) atoms. The summed E-state index contributed by atoms with van der Waals surface area (Å²) in [7, 11) is -4.31. The first-order valence-electron chi connectivity index (χ1n) is 8.58. The molecule has 0 unspecified atom stereocenters. The van der Waals surface area contributed by atoms with Gasteiger partial charge in [-0.1, -0.05) is 62.5 Å². The normalized spacial score (nSPS) is 12.7. The molecule has 3 N–H and O–H groups in total. The summed E-state index contributed by atoms with van der Waals surface area (Å²) in [4.78, 5) is -0.0833. The first kappa shape index (κ1) is 24.1. The number of hydrogen-bond donors (Lipinski definition) is 2. The lowest BCUT2D eigenvalue weighted by atomic mass is 9.94. The van der Waals surface area contributed by atoms with E-state index in [0.717, 1.165) is 16.7 Å². The summed E-state index contributed by atoms with van der Waals surface area (Å²) < 4.78 is 33.1. The van der Waals surface area contributed by atoms with Gasteiger partial charge in [-0.05, 0) is 56.5 Å². The summed E-state index contributed by atoms with van der Waals surface area (Å²) in [6.07, 6.45) is 14.7. The summed E-state index contributed by atoms with van der Waals surface area (Å²) in [6, 6.07) is 1.84. The van der Waals surface area contributed by atoms with Gasteiger partial charge in [0.2, 0.25) is 0 Å². The predicted octanol–water partition coefficient (Wildman–Crippen LogP) is 5.42. The van der Waals surface area contributed by atoms with Crippen LogP contribution in [-0.4, -0.2) is 19.0 Å². The monoisotopic (exact) mass is 377 g/mol. The summed E-state index contributed by atoms with van der Waals surface area (Å²) in [5.41, 5.74) is 8.03. The van der Waals surface area contributed by atoms with E-state index in [2.05, 4.69) is 0 Å². The van der Waals surface area contributed by atoms with E-state index in [9.17, 15) is 13.0 Å². The van der Waals surface area contributed by atoms with Crippen molar-refractivity contribution in [3.8, 4) is 0 Å². The highest BCUT2D eigenvalue weighted by atomic mass is 32.2. The van der Waals surface area contributed by atoms with Crippen LogP contribution in [-0.2, 0) is 10.1 Å². The van der Waals surface area contributed by atoms with Crippen LogP contribution in [0.4, 0.5) is 0 Å². The molecule has 0 radical (unpaired) electrons. The van der Waals surface area contributed by atoms with E-state index in [1.807, 2.05) is 78.0 Å². The van der Waals surface area contributed by atoms with E-state index in [-0.39, 0.29) is 4.90 Å². The summed E-state index contributed by atoms with van der Waals surface area (Å²) in [6.45, 7) is 11.3. The van der Waals surface area contributed by atoms with Crippen LogP contribution in [0.1, 0.15) is 63.8 Å². The molecule has 0 saturated carbocycles. The summed E-state index contributed by atoms with van der Waals surface area (Å²) in [5.74, 6) is 0. The fraction of sp³-hybridized carbons (Fsp3) is 0.333. The van der Waals surface area contributed by atoms with Gasteiger partial charge in [0.25, 0.3) is 10.1 Å². The zero-order valence-corrected chi connectivity index (χ0v) is 17.3. The molecule has 0 bridgehead atoms. The Balaban J connectivity index is 0.00000141. The molecular weight excluding hydrogens is 346 g/mol. The fourth-order valence-corrected chi connectivity index (χ4v) is 3.03. The van der Waals surface area contributed by atoms with Crippen LogP contribution in [0.25, 0.3) is 24.3 Å². The van der Waals surface area contributed by atoms with Crippen LogP contribution >= 0.6 is 0 Å². The molecular formula is C21H31NO3S. The SMILES string of the molecule is CC(C)N.CC=Cc1cc(S(=O)(=O)O)c(C=CC)c(C=CC)c1C=CC. The average Bonchev–Trinajstić information content (AvgIpc) is 2.51. The van der Waals surface area contributed by atoms with E-state index >= 15 is 0 Å². The number of allylic oxidation sites excluding steroid dienone is 4. The molecule has 1 aromatic rings. The van der Waals surface area contributed by atoms with Gasteiger partial charge in [-0.3, -0.25) is 4.55 Å². The summed E-state index contributed by atoms with van der Waals surface area (Å²) in [5, 5.41) is 0. The Morgan fingerprint density at radius 2 is 1.23 bits per heavy atom. The van der Waals surface area contributed by atoms with Crippen molar-refractivity contribution in [3.05, 3.63) is 52.6 Å². The second-order valence-corrected chi connectivity index (χ2v) is 7.31. The van der Waals surface area contributed by atoms with Crippen molar-refractivity contribution in [2.24, 2.45) is 5.73 Å². The second-order valence-electron chi connectivity index (χ2n) is 5.92. The Labute approximate surface area is 158 Å². The Morgan fingerprint density at radius 3 is 1.62 bits per heavy atom. The molecule has 0 spiro atoms. The van der Waals surface area contributed by atoms with Crippen LogP contribution in [0.3, 0.4) is 0 Å². The average molecular weight is 378 g/mol. The molecule has 144 valence electrons. The van der Waals surface area contributed by atoms with Gasteiger partial charge in [-0.25, -0.2) is 0 Å². The Kier molecular flexibility index (Phi) is 10.8. The van der Waals surface area contributed by atoms with Gasteiger partial charge < -0.3 is 5.73 Å². The molecule has 1 rings (SSSR count). The van der Waals surface area contributed by atoms with E-state index in [0.29, 0.717) is 11.6 Å². The number of benzene rings is 1. The first-order valence-corrected chi connectivity index (χ1v) is 10.0. The quantitative estimate of drug-likeness (QED) is 0.671. The van der Waals surface area contributed by atoms with E-state index in [4.69, 9.17) is 5.73 Å². The summed E-state index contributed by atoms with van der Waals surface area (Å²) >= 11 is 0. The molecule has 0 heterocycles. The van der Waals surface area contributed by atoms with Gasteiger partial charge >= 0.3 is 0 Å². The number of rotatable bonds is 5. The van der Waals surface area contributed by atoms with Gasteiger partial charge in [0.1, 0.15) is 4.90 Å². The van der Waals surface area contributed by atoms with Gasteiger partial charge in [0.05, 0.1) is 0 Å². The standard InChI is InChI=1S/C18H22O3S.C3H9N/c1-5-9-14-13-18(22(19,20)21)17(12-8-4)16(11-7-3)15(14)10-6-2;1-3(2)4/h5-13H,1-4H3,(H,19,20,21);3H,4H2,1-2H3. The highest BCUT2D eigenvalue weighted by Crippen LogP contribution is 2.31. The lowest BCUT2D eigenvalue weighted by Crippen LogP contribution is -2.06. The Bertz CT molecular complexity index is 796. The van der Waals surface area contributed by atoms with Crippen LogP contribution in [0.5, 0.6) is 0 Å². The van der Waals surface area contributed by atoms with Crippen LogP contribution < -0.4 is 5.73 Å². The van der Waals surface area contributed by atoms with Crippen molar-refractivity contribution in [2.45, 2.75) is 52.5 Å². The number of nitrogens with two attached hydrogens (primary N) is 1. The predicted molar refractivity (Wildman–Crippen MR) is 114 cm³/mol. The Hall–Kier alpha value is -1.95. The van der Waals surface area contributed by atoms with Crippen LogP contribution in [0.2, 0.25) is 0 Å². The third-order valence-electron chi connectivity index (χ3n) is 3.07. The highest BCUT2D eigenvalue weighted by molar-refractivity contribution is 7.86. The molecule has 0 aliphatic heterocycles. The van der Waals surface area contributed by atoms with Crippen molar-refractivity contribution in [2.75, 3.05) is 0 Å². The molecule has 1 aromatic carbocycles. The second kappa shape index (κ2) is 11.6. The Morgan fingerprint density at radius 1 is 0.846 bits per heavy atom. The lowest BCUT2D eigenvalue weighted by molar-refractivity contribution is 0.483. The van der Waals surface area contributed by atoms with Crippen molar-refractivity contribution >= 4 is 34.4 Å². The molecule has 0 amide bonds. The maximum Gasteiger partial charge on any atom is 0.295 e. The van der Waals surface area contributed by atoms with Crippen molar-refractivity contribution in [1.29, 1.82) is 0 Å². The van der Waals surface area contributed by atoms with Crippen LogP contribution in [0.15, 0.2) is 35.3 Å². The third-order valence-corrected chi connectivity index (χ3v) is 3.96. The minimum Gasteiger partial charge on any atom is -0.328 e.